The van der Waals surface area contributed by atoms with Gasteiger partial charge in [-0.25, -0.2) is 17.6 Å². The summed E-state index contributed by atoms with van der Waals surface area (Å²) in [6.07, 6.45) is 1.12. The number of esters is 1. The van der Waals surface area contributed by atoms with Gasteiger partial charge in [-0.2, -0.15) is 0 Å². The van der Waals surface area contributed by atoms with E-state index in [0.717, 1.165) is 31.5 Å². The van der Waals surface area contributed by atoms with Crippen LogP contribution in [-0.4, -0.2) is 21.5 Å². The highest BCUT2D eigenvalue weighted by Gasteiger charge is 2.36. The summed E-state index contributed by atoms with van der Waals surface area (Å²) in [4.78, 5) is 12.6. The fourth-order valence-electron chi connectivity index (χ4n) is 2.36. The zero-order valence-electron chi connectivity index (χ0n) is 12.4. The number of sulfone groups is 1. The van der Waals surface area contributed by atoms with Crippen LogP contribution in [0, 0.1) is 5.82 Å². The van der Waals surface area contributed by atoms with Crippen molar-refractivity contribution in [3.63, 3.8) is 0 Å². The Morgan fingerprint density at radius 1 is 1.17 bits per heavy atom. The molecule has 0 spiro atoms. The first-order chi connectivity index (χ1) is 11.3. The summed E-state index contributed by atoms with van der Waals surface area (Å²) in [7, 11) is -3.02. The Hall–Kier alpha value is -2.38. The molecule has 0 fully saturated rings. The van der Waals surface area contributed by atoms with E-state index in [-0.39, 0.29) is 10.6 Å². The summed E-state index contributed by atoms with van der Waals surface area (Å²) in [5.74, 6) is -1.60. The first kappa shape index (κ1) is 16.5. The second-order valence-electron chi connectivity index (χ2n) is 4.95. The van der Waals surface area contributed by atoms with E-state index in [9.17, 15) is 17.6 Å². The van der Waals surface area contributed by atoms with Gasteiger partial charge in [0, 0.05) is 16.9 Å². The van der Waals surface area contributed by atoms with Crippen molar-refractivity contribution >= 4 is 38.8 Å². The van der Waals surface area contributed by atoms with Gasteiger partial charge < -0.3 is 9.64 Å². The third kappa shape index (κ3) is 2.65. The van der Waals surface area contributed by atoms with E-state index in [1.165, 1.54) is 4.90 Å². The fraction of sp³-hybridized carbons (Fsp3) is 0.0625. The first-order valence-electron chi connectivity index (χ1n) is 6.74. The molecule has 0 N–H and O–H groups in total. The monoisotopic (exact) mass is 367 g/mol. The molecule has 1 aliphatic rings. The number of hydrogen-bond acceptors (Lipinski definition) is 5. The van der Waals surface area contributed by atoms with Crippen molar-refractivity contribution in [3.05, 3.63) is 64.4 Å². The molecule has 0 amide bonds. The number of methoxy groups -OCH3 is 1. The molecule has 1 aliphatic heterocycles. The lowest BCUT2D eigenvalue weighted by atomic mass is 10.2. The van der Waals surface area contributed by atoms with E-state index in [1.54, 1.807) is 24.3 Å². The molecule has 8 heteroatoms. The van der Waals surface area contributed by atoms with Crippen LogP contribution in [0.15, 0.2) is 58.5 Å². The molecule has 2 aromatic rings. The number of carbonyl (C=O) groups excluding carboxylic acids is 1. The third-order valence-electron chi connectivity index (χ3n) is 3.50. The molecule has 0 unspecified atom stereocenters. The number of nitrogens with zero attached hydrogens (tertiary/aromatic N) is 1. The van der Waals surface area contributed by atoms with Crippen LogP contribution in [0.1, 0.15) is 0 Å². The molecular weight excluding hydrogens is 357 g/mol. The molecule has 0 saturated carbocycles. The average Bonchev–Trinajstić information content (AvgIpc) is 2.55. The van der Waals surface area contributed by atoms with Crippen molar-refractivity contribution in [2.24, 2.45) is 0 Å². The summed E-state index contributed by atoms with van der Waals surface area (Å²) in [5, 5.41) is 0.486. The number of hydrogen-bond donors (Lipinski definition) is 0. The molecule has 0 aliphatic carbocycles. The molecule has 0 atom stereocenters. The predicted octanol–water partition coefficient (Wildman–Crippen LogP) is 3.42. The summed E-state index contributed by atoms with van der Waals surface area (Å²) in [6.45, 7) is 0. The van der Waals surface area contributed by atoms with Crippen LogP contribution in [0.3, 0.4) is 0 Å². The van der Waals surface area contributed by atoms with Gasteiger partial charge in [-0.15, -0.1) is 0 Å². The van der Waals surface area contributed by atoms with E-state index >= 15 is 0 Å². The molecule has 0 saturated heterocycles. The molecule has 0 bridgehead atoms. The van der Waals surface area contributed by atoms with Crippen molar-refractivity contribution in [3.8, 4) is 0 Å². The van der Waals surface area contributed by atoms with Gasteiger partial charge in [-0.05, 0) is 42.5 Å². The van der Waals surface area contributed by atoms with Crippen molar-refractivity contribution in [1.29, 1.82) is 0 Å². The van der Waals surface area contributed by atoms with Crippen LogP contribution in [0.5, 0.6) is 0 Å². The minimum atomic E-state index is -4.11. The zero-order chi connectivity index (χ0) is 17.5. The molecule has 1 heterocycles. The van der Waals surface area contributed by atoms with Gasteiger partial charge in [-0.3, -0.25) is 0 Å². The summed E-state index contributed by atoms with van der Waals surface area (Å²) < 4.78 is 43.4. The van der Waals surface area contributed by atoms with E-state index < -0.39 is 26.5 Å². The largest absolute Gasteiger partial charge is 0.465 e. The van der Waals surface area contributed by atoms with Crippen molar-refractivity contribution in [1.82, 2.24) is 0 Å². The van der Waals surface area contributed by atoms with E-state index in [4.69, 9.17) is 11.6 Å². The van der Waals surface area contributed by atoms with Gasteiger partial charge in [0.15, 0.2) is 4.91 Å². The summed E-state index contributed by atoms with van der Waals surface area (Å²) in [6, 6.07) is 9.69. The smallest absolute Gasteiger partial charge is 0.351 e. The Morgan fingerprint density at radius 3 is 2.46 bits per heavy atom. The lowest BCUT2D eigenvalue weighted by molar-refractivity contribution is -0.135. The first-order valence-corrected chi connectivity index (χ1v) is 8.60. The molecule has 2 aromatic carbocycles. The molecule has 3 rings (SSSR count). The van der Waals surface area contributed by atoms with E-state index in [1.807, 2.05) is 0 Å². The Morgan fingerprint density at radius 2 is 1.83 bits per heavy atom. The minimum Gasteiger partial charge on any atom is -0.465 e. The Balaban J connectivity index is 2.28. The average molecular weight is 368 g/mol. The SMILES string of the molecule is COC(=O)C1=CN(c2ccc(Cl)cc2)c2cc(F)ccc2S1(=O)=O. The number of fused-ring (bicyclic) bond motifs is 1. The highest BCUT2D eigenvalue weighted by atomic mass is 35.5. The van der Waals surface area contributed by atoms with Gasteiger partial charge in [0.05, 0.1) is 17.7 Å². The fourth-order valence-corrected chi connectivity index (χ4v) is 3.95. The molecule has 5 nitrogen and oxygen atoms in total. The Kier molecular flexibility index (Phi) is 4.06. The van der Waals surface area contributed by atoms with Crippen molar-refractivity contribution in [2.75, 3.05) is 12.0 Å². The van der Waals surface area contributed by atoms with Crippen LogP contribution in [0.2, 0.25) is 5.02 Å². The normalized spacial score (nSPS) is 15.5. The van der Waals surface area contributed by atoms with Gasteiger partial charge >= 0.3 is 5.97 Å². The predicted molar refractivity (Wildman–Crippen MR) is 87.3 cm³/mol. The Bertz CT molecular complexity index is 955. The van der Waals surface area contributed by atoms with Gasteiger partial charge in [0.25, 0.3) is 0 Å². The van der Waals surface area contributed by atoms with E-state index in [2.05, 4.69) is 4.74 Å². The molecular formula is C16H11ClFNO4S. The summed E-state index contributed by atoms with van der Waals surface area (Å²) >= 11 is 5.86. The van der Waals surface area contributed by atoms with Crippen LogP contribution in [0.25, 0.3) is 0 Å². The quantitative estimate of drug-likeness (QED) is 0.601. The minimum absolute atomic E-state index is 0.102. The number of anilines is 2. The lowest BCUT2D eigenvalue weighted by Crippen LogP contribution is -2.26. The van der Waals surface area contributed by atoms with Gasteiger partial charge in [0.2, 0.25) is 9.84 Å². The van der Waals surface area contributed by atoms with Crippen molar-refractivity contribution in [2.45, 2.75) is 4.90 Å². The van der Waals surface area contributed by atoms with Crippen molar-refractivity contribution < 1.29 is 22.3 Å². The third-order valence-corrected chi connectivity index (χ3v) is 5.52. The van der Waals surface area contributed by atoms with Gasteiger partial charge in [0.1, 0.15) is 5.82 Å². The highest BCUT2D eigenvalue weighted by Crippen LogP contribution is 2.40. The number of halogens is 2. The number of ether oxygens (including phenoxy) is 1. The molecule has 0 radical (unpaired) electrons. The highest BCUT2D eigenvalue weighted by molar-refractivity contribution is 7.96. The maximum atomic E-state index is 13.7. The zero-order valence-corrected chi connectivity index (χ0v) is 13.9. The number of benzene rings is 2. The van der Waals surface area contributed by atoms with Crippen LogP contribution in [0.4, 0.5) is 15.8 Å². The van der Waals surface area contributed by atoms with E-state index in [0.29, 0.717) is 10.7 Å². The molecule has 24 heavy (non-hydrogen) atoms. The Labute approximate surface area is 142 Å². The second-order valence-corrected chi connectivity index (χ2v) is 7.27. The van der Waals surface area contributed by atoms with Gasteiger partial charge in [-0.1, -0.05) is 11.6 Å². The molecule has 124 valence electrons. The van der Waals surface area contributed by atoms with Crippen LogP contribution >= 0.6 is 11.6 Å². The lowest BCUT2D eigenvalue weighted by Gasteiger charge is -2.28. The molecule has 0 aromatic heterocycles. The maximum Gasteiger partial charge on any atom is 0.351 e. The van der Waals surface area contributed by atoms with Crippen LogP contribution in [-0.2, 0) is 19.4 Å². The number of carbonyl (C=O) groups is 1. The number of rotatable bonds is 2. The summed E-state index contributed by atoms with van der Waals surface area (Å²) in [5.41, 5.74) is 0.618. The standard InChI is InChI=1S/C16H11ClFNO4S/c1-23-16(20)15-9-19(12-5-2-10(17)3-6-12)13-8-11(18)4-7-14(13)24(15,21)22/h2-9H,1H3. The van der Waals surface area contributed by atoms with Crippen LogP contribution < -0.4 is 4.90 Å². The topological polar surface area (TPSA) is 63.7 Å². The second kappa shape index (κ2) is 5.92. The maximum absolute atomic E-state index is 13.7.